The molecular formula is C12H16O6. The van der Waals surface area contributed by atoms with E-state index in [0.717, 1.165) is 0 Å². The molecule has 18 heavy (non-hydrogen) atoms. The Balaban J connectivity index is 1.80. The van der Waals surface area contributed by atoms with Crippen molar-refractivity contribution in [2.45, 2.75) is 39.3 Å². The minimum atomic E-state index is -0.831. The van der Waals surface area contributed by atoms with Gasteiger partial charge in [-0.2, -0.15) is 0 Å². The minimum absolute atomic E-state index is 0.0105. The first-order valence-electron chi connectivity index (χ1n) is 5.57. The molecule has 0 radical (unpaired) electrons. The topological polar surface area (TPSA) is 63.2 Å². The molecule has 2 aliphatic rings. The third kappa shape index (κ3) is 2.88. The van der Waals surface area contributed by atoms with Crippen LogP contribution in [0.15, 0.2) is 24.0 Å². The first-order valence-corrected chi connectivity index (χ1v) is 5.57. The molecule has 0 aliphatic carbocycles. The first-order chi connectivity index (χ1) is 8.27. The van der Waals surface area contributed by atoms with Crippen LogP contribution >= 0.6 is 0 Å². The number of esters is 1. The fourth-order valence-corrected chi connectivity index (χ4v) is 1.44. The van der Waals surface area contributed by atoms with Crippen LogP contribution in [0, 0.1) is 0 Å². The summed E-state index contributed by atoms with van der Waals surface area (Å²) in [7, 11) is 0. The van der Waals surface area contributed by atoms with Gasteiger partial charge >= 0.3 is 5.97 Å². The van der Waals surface area contributed by atoms with E-state index in [-0.39, 0.29) is 12.4 Å². The van der Waals surface area contributed by atoms with E-state index in [4.69, 9.17) is 23.7 Å². The van der Waals surface area contributed by atoms with Crippen molar-refractivity contribution < 1.29 is 28.5 Å². The van der Waals surface area contributed by atoms with Crippen molar-refractivity contribution in [3.8, 4) is 0 Å². The van der Waals surface area contributed by atoms with Gasteiger partial charge in [0.1, 0.15) is 12.5 Å². The molecule has 0 spiro atoms. The molecule has 0 unspecified atom stereocenters. The van der Waals surface area contributed by atoms with Crippen molar-refractivity contribution in [3.63, 3.8) is 0 Å². The Morgan fingerprint density at radius 1 is 1.11 bits per heavy atom. The number of carbonyl (C=O) groups excluding carboxylic acids is 1. The molecule has 0 aromatic heterocycles. The summed E-state index contributed by atoms with van der Waals surface area (Å²) in [4.78, 5) is 11.6. The number of rotatable bonds is 3. The lowest BCUT2D eigenvalue weighted by atomic mass is 10.4. The Morgan fingerprint density at radius 3 is 2.22 bits per heavy atom. The lowest BCUT2D eigenvalue weighted by Crippen LogP contribution is -2.23. The maximum atomic E-state index is 11.6. The summed E-state index contributed by atoms with van der Waals surface area (Å²) in [5.74, 6) is -1.65. The zero-order chi connectivity index (χ0) is 13.4. The zero-order valence-corrected chi connectivity index (χ0v) is 10.8. The Morgan fingerprint density at radius 2 is 1.72 bits per heavy atom. The normalized spacial score (nSPS) is 22.9. The Bertz CT molecular complexity index is 418. The van der Waals surface area contributed by atoms with E-state index in [9.17, 15) is 4.79 Å². The average molecular weight is 256 g/mol. The second kappa shape index (κ2) is 4.12. The Labute approximate surface area is 105 Å². The number of hydrogen-bond donors (Lipinski definition) is 0. The molecule has 2 rings (SSSR count). The quantitative estimate of drug-likeness (QED) is 0.717. The van der Waals surface area contributed by atoms with Crippen LogP contribution < -0.4 is 0 Å². The summed E-state index contributed by atoms with van der Waals surface area (Å²) in [6, 6.07) is 0. The highest BCUT2D eigenvalue weighted by atomic mass is 16.7. The van der Waals surface area contributed by atoms with Crippen molar-refractivity contribution in [1.82, 2.24) is 0 Å². The van der Waals surface area contributed by atoms with E-state index in [2.05, 4.69) is 0 Å². The lowest BCUT2D eigenvalue weighted by molar-refractivity contribution is -0.156. The van der Waals surface area contributed by atoms with Crippen molar-refractivity contribution in [2.24, 2.45) is 0 Å². The van der Waals surface area contributed by atoms with Crippen molar-refractivity contribution in [3.05, 3.63) is 24.0 Å². The van der Waals surface area contributed by atoms with Crippen LogP contribution in [-0.4, -0.2) is 24.2 Å². The van der Waals surface area contributed by atoms with E-state index in [0.29, 0.717) is 5.76 Å². The van der Waals surface area contributed by atoms with Crippen molar-refractivity contribution in [2.75, 3.05) is 6.61 Å². The second-order valence-corrected chi connectivity index (χ2v) is 4.88. The molecule has 2 heterocycles. The predicted octanol–water partition coefficient (Wildman–Crippen LogP) is 1.78. The average Bonchev–Trinajstić information content (AvgIpc) is 2.78. The standard InChI is InChI=1S/C12H16O6/c1-11(2)15-6-8(17-11)5-14-10(13)9-7-16-12(3,4)18-9/h6-7H,5H2,1-4H3. The Kier molecular flexibility index (Phi) is 2.88. The van der Waals surface area contributed by atoms with E-state index in [1.54, 1.807) is 27.7 Å². The largest absolute Gasteiger partial charge is 0.457 e. The predicted molar refractivity (Wildman–Crippen MR) is 59.6 cm³/mol. The maximum absolute atomic E-state index is 11.6. The molecule has 0 amide bonds. The van der Waals surface area contributed by atoms with Crippen molar-refractivity contribution >= 4 is 5.97 Å². The van der Waals surface area contributed by atoms with Gasteiger partial charge in [0.2, 0.25) is 17.3 Å². The molecule has 0 saturated heterocycles. The number of carbonyl (C=O) groups is 1. The van der Waals surface area contributed by atoms with E-state index in [1.807, 2.05) is 0 Å². The van der Waals surface area contributed by atoms with Crippen LogP contribution in [0.5, 0.6) is 0 Å². The molecule has 2 aliphatic heterocycles. The zero-order valence-electron chi connectivity index (χ0n) is 10.8. The van der Waals surface area contributed by atoms with Crippen LogP contribution in [0.1, 0.15) is 27.7 Å². The molecule has 0 atom stereocenters. The third-order valence-corrected chi connectivity index (χ3v) is 2.20. The van der Waals surface area contributed by atoms with Crippen LogP contribution in [0.4, 0.5) is 0 Å². The molecule has 0 aromatic carbocycles. The highest BCUT2D eigenvalue weighted by Gasteiger charge is 2.33. The van der Waals surface area contributed by atoms with Crippen LogP contribution in [0.25, 0.3) is 0 Å². The summed E-state index contributed by atoms with van der Waals surface area (Å²) in [5, 5.41) is 0. The maximum Gasteiger partial charge on any atom is 0.377 e. The van der Waals surface area contributed by atoms with Gasteiger partial charge in [-0.15, -0.1) is 0 Å². The fourth-order valence-electron chi connectivity index (χ4n) is 1.44. The summed E-state index contributed by atoms with van der Waals surface area (Å²) >= 11 is 0. The van der Waals surface area contributed by atoms with Crippen LogP contribution in [0.2, 0.25) is 0 Å². The minimum Gasteiger partial charge on any atom is -0.457 e. The van der Waals surface area contributed by atoms with Gasteiger partial charge in [-0.3, -0.25) is 0 Å². The fraction of sp³-hybridized carbons (Fsp3) is 0.583. The molecule has 6 heteroatoms. The van der Waals surface area contributed by atoms with Gasteiger partial charge < -0.3 is 23.7 Å². The van der Waals surface area contributed by atoms with Crippen molar-refractivity contribution in [1.29, 1.82) is 0 Å². The smallest absolute Gasteiger partial charge is 0.377 e. The Hall–Kier alpha value is -1.85. The SMILES string of the molecule is CC1(C)OC=C(COC(=O)C2=COC(C)(C)O2)O1. The summed E-state index contributed by atoms with van der Waals surface area (Å²) in [6.07, 6.45) is 2.67. The third-order valence-electron chi connectivity index (χ3n) is 2.20. The highest BCUT2D eigenvalue weighted by Crippen LogP contribution is 2.26. The summed E-state index contributed by atoms with van der Waals surface area (Å²) in [6.45, 7) is 6.91. The molecule has 6 nitrogen and oxygen atoms in total. The van der Waals surface area contributed by atoms with Gasteiger partial charge in [0, 0.05) is 27.7 Å². The van der Waals surface area contributed by atoms with Gasteiger partial charge in [-0.05, 0) is 0 Å². The summed E-state index contributed by atoms with van der Waals surface area (Å²) < 4.78 is 25.9. The van der Waals surface area contributed by atoms with Crippen LogP contribution in [0.3, 0.4) is 0 Å². The number of ether oxygens (including phenoxy) is 5. The van der Waals surface area contributed by atoms with E-state index < -0.39 is 17.5 Å². The van der Waals surface area contributed by atoms with E-state index >= 15 is 0 Å². The van der Waals surface area contributed by atoms with Gasteiger partial charge in [0.25, 0.3) is 0 Å². The molecular weight excluding hydrogens is 240 g/mol. The molecule has 0 aromatic rings. The molecule has 0 fully saturated rings. The summed E-state index contributed by atoms with van der Waals surface area (Å²) in [5.41, 5.74) is 0. The monoisotopic (exact) mass is 256 g/mol. The first kappa shape index (κ1) is 12.6. The van der Waals surface area contributed by atoms with Crippen LogP contribution in [-0.2, 0) is 28.5 Å². The van der Waals surface area contributed by atoms with Gasteiger partial charge in [-0.1, -0.05) is 0 Å². The van der Waals surface area contributed by atoms with Gasteiger partial charge in [-0.25, -0.2) is 4.79 Å². The van der Waals surface area contributed by atoms with Gasteiger partial charge in [0.05, 0.1) is 0 Å². The van der Waals surface area contributed by atoms with E-state index in [1.165, 1.54) is 12.5 Å². The van der Waals surface area contributed by atoms with Gasteiger partial charge in [0.15, 0.2) is 12.4 Å². The number of hydrogen-bond acceptors (Lipinski definition) is 6. The molecule has 100 valence electrons. The highest BCUT2D eigenvalue weighted by molar-refractivity contribution is 5.86. The molecule has 0 bridgehead atoms. The molecule has 0 N–H and O–H groups in total. The second-order valence-electron chi connectivity index (χ2n) is 4.88. The lowest BCUT2D eigenvalue weighted by Gasteiger charge is -2.18. The molecule has 0 saturated carbocycles.